The lowest BCUT2D eigenvalue weighted by molar-refractivity contribution is -0.137. The fraction of sp³-hybridized carbons (Fsp3) is 0.348. The molecule has 2 aromatic carbocycles. The zero-order chi connectivity index (χ0) is 21.9. The zero-order valence-electron chi connectivity index (χ0n) is 17.1. The SMILES string of the molecule is CCN(C(=O)C=Cc1ccc(C(F)(F)F)cc1-c1ccc2c(c1)OCCO2)C(C)C. The average Bonchev–Trinajstić information content (AvgIpc) is 2.71. The van der Waals surface area contributed by atoms with Crippen molar-refractivity contribution in [3.63, 3.8) is 0 Å². The molecule has 160 valence electrons. The first-order valence-electron chi connectivity index (χ1n) is 9.80. The Kier molecular flexibility index (Phi) is 6.39. The van der Waals surface area contributed by atoms with Crippen molar-refractivity contribution in [3.8, 4) is 22.6 Å². The van der Waals surface area contributed by atoms with Gasteiger partial charge in [0.2, 0.25) is 5.91 Å². The maximum absolute atomic E-state index is 13.3. The molecule has 0 radical (unpaired) electrons. The van der Waals surface area contributed by atoms with E-state index in [9.17, 15) is 18.0 Å². The van der Waals surface area contributed by atoms with Gasteiger partial charge in [0, 0.05) is 18.7 Å². The number of likely N-dealkylation sites (N-methyl/N-ethyl adjacent to an activating group) is 1. The van der Waals surface area contributed by atoms with Crippen LogP contribution in [0.5, 0.6) is 11.5 Å². The van der Waals surface area contributed by atoms with Gasteiger partial charge >= 0.3 is 6.18 Å². The van der Waals surface area contributed by atoms with Crippen LogP contribution in [0, 0.1) is 0 Å². The highest BCUT2D eigenvalue weighted by atomic mass is 19.4. The van der Waals surface area contributed by atoms with Gasteiger partial charge in [0.15, 0.2) is 11.5 Å². The molecule has 0 aliphatic carbocycles. The van der Waals surface area contributed by atoms with Crippen LogP contribution in [0.1, 0.15) is 31.9 Å². The largest absolute Gasteiger partial charge is 0.486 e. The minimum Gasteiger partial charge on any atom is -0.486 e. The minimum absolute atomic E-state index is 0.0250. The molecule has 0 bridgehead atoms. The molecule has 1 amide bonds. The molecule has 0 saturated heterocycles. The predicted molar refractivity (Wildman–Crippen MR) is 109 cm³/mol. The van der Waals surface area contributed by atoms with E-state index in [0.717, 1.165) is 12.1 Å². The van der Waals surface area contributed by atoms with Crippen molar-refractivity contribution < 1.29 is 27.4 Å². The van der Waals surface area contributed by atoms with Crippen molar-refractivity contribution in [2.45, 2.75) is 33.0 Å². The molecular formula is C23H24F3NO3. The highest BCUT2D eigenvalue weighted by molar-refractivity contribution is 5.93. The third-order valence-electron chi connectivity index (χ3n) is 4.89. The molecule has 0 atom stereocenters. The summed E-state index contributed by atoms with van der Waals surface area (Å²) in [6.07, 6.45) is -1.52. The number of carbonyl (C=O) groups is 1. The second-order valence-corrected chi connectivity index (χ2v) is 7.21. The monoisotopic (exact) mass is 419 g/mol. The van der Waals surface area contributed by atoms with Crippen molar-refractivity contribution in [1.82, 2.24) is 4.90 Å². The molecule has 1 heterocycles. The predicted octanol–water partition coefficient (Wildman–Crippen LogP) is 5.41. The Morgan fingerprint density at radius 2 is 1.80 bits per heavy atom. The number of rotatable bonds is 5. The van der Waals surface area contributed by atoms with Crippen LogP contribution >= 0.6 is 0 Å². The Bertz CT molecular complexity index is 951. The number of carbonyl (C=O) groups excluding carboxylic acids is 1. The van der Waals surface area contributed by atoms with Crippen LogP contribution in [0.2, 0.25) is 0 Å². The van der Waals surface area contributed by atoms with E-state index in [-0.39, 0.29) is 11.9 Å². The summed E-state index contributed by atoms with van der Waals surface area (Å²) in [7, 11) is 0. The second kappa shape index (κ2) is 8.81. The number of ether oxygens (including phenoxy) is 2. The number of amides is 1. The van der Waals surface area contributed by atoms with Crippen LogP contribution in [0.15, 0.2) is 42.5 Å². The van der Waals surface area contributed by atoms with Crippen LogP contribution in [0.4, 0.5) is 13.2 Å². The summed E-state index contributed by atoms with van der Waals surface area (Å²) in [6.45, 7) is 7.05. The average molecular weight is 419 g/mol. The molecule has 0 N–H and O–H groups in total. The van der Waals surface area contributed by atoms with E-state index in [1.54, 1.807) is 29.2 Å². The van der Waals surface area contributed by atoms with Crippen molar-refractivity contribution in [2.75, 3.05) is 19.8 Å². The summed E-state index contributed by atoms with van der Waals surface area (Å²) >= 11 is 0. The lowest BCUT2D eigenvalue weighted by atomic mass is 9.96. The van der Waals surface area contributed by atoms with Crippen LogP contribution in [-0.2, 0) is 11.0 Å². The van der Waals surface area contributed by atoms with Gasteiger partial charge in [-0.2, -0.15) is 13.2 Å². The Morgan fingerprint density at radius 3 is 2.43 bits per heavy atom. The summed E-state index contributed by atoms with van der Waals surface area (Å²) in [5.74, 6) is 0.847. The van der Waals surface area contributed by atoms with Gasteiger partial charge in [-0.25, -0.2) is 0 Å². The number of halogens is 3. The standard InChI is InChI=1S/C23H24F3NO3/c1-4-27(15(2)3)22(28)10-7-16-5-8-18(23(24,25)26)14-19(16)17-6-9-20-21(13-17)30-12-11-29-20/h5-10,13-15H,4,11-12H2,1-3H3. The maximum atomic E-state index is 13.3. The van der Waals surface area contributed by atoms with Gasteiger partial charge in [-0.3, -0.25) is 4.79 Å². The molecule has 2 aromatic rings. The maximum Gasteiger partial charge on any atom is 0.416 e. The van der Waals surface area contributed by atoms with Gasteiger partial charge < -0.3 is 14.4 Å². The van der Waals surface area contributed by atoms with Crippen molar-refractivity contribution in [3.05, 3.63) is 53.6 Å². The summed E-state index contributed by atoms with van der Waals surface area (Å²) in [5.41, 5.74) is 0.660. The van der Waals surface area contributed by atoms with Gasteiger partial charge in [-0.1, -0.05) is 12.1 Å². The number of nitrogens with zero attached hydrogens (tertiary/aromatic N) is 1. The molecule has 0 aromatic heterocycles. The van der Waals surface area contributed by atoms with Gasteiger partial charge in [0.1, 0.15) is 13.2 Å². The van der Waals surface area contributed by atoms with E-state index in [4.69, 9.17) is 9.47 Å². The molecule has 1 aliphatic rings. The molecule has 0 fully saturated rings. The highest BCUT2D eigenvalue weighted by Crippen LogP contribution is 2.38. The minimum atomic E-state index is -4.47. The Hall–Kier alpha value is -2.96. The molecule has 1 aliphatic heterocycles. The van der Waals surface area contributed by atoms with Gasteiger partial charge in [0.05, 0.1) is 5.56 Å². The normalized spacial score (nSPS) is 13.7. The fourth-order valence-corrected chi connectivity index (χ4v) is 3.37. The summed E-state index contributed by atoms with van der Waals surface area (Å²) in [5, 5.41) is 0. The number of fused-ring (bicyclic) bond motifs is 1. The van der Waals surface area contributed by atoms with E-state index in [0.29, 0.717) is 47.9 Å². The zero-order valence-corrected chi connectivity index (χ0v) is 17.1. The molecular weight excluding hydrogens is 395 g/mol. The van der Waals surface area contributed by atoms with E-state index in [1.165, 1.54) is 12.1 Å². The second-order valence-electron chi connectivity index (χ2n) is 7.21. The third kappa shape index (κ3) is 4.78. The molecule has 3 rings (SSSR count). The van der Waals surface area contributed by atoms with Crippen LogP contribution in [-0.4, -0.2) is 36.6 Å². The van der Waals surface area contributed by atoms with E-state index >= 15 is 0 Å². The third-order valence-corrected chi connectivity index (χ3v) is 4.89. The number of hydrogen-bond donors (Lipinski definition) is 0. The number of hydrogen-bond acceptors (Lipinski definition) is 3. The Labute approximate surface area is 173 Å². The van der Waals surface area contributed by atoms with Crippen molar-refractivity contribution >= 4 is 12.0 Å². The van der Waals surface area contributed by atoms with Gasteiger partial charge in [-0.15, -0.1) is 0 Å². The van der Waals surface area contributed by atoms with Crippen LogP contribution < -0.4 is 9.47 Å². The summed E-state index contributed by atoms with van der Waals surface area (Å²) < 4.78 is 51.0. The molecule has 7 heteroatoms. The number of benzene rings is 2. The Morgan fingerprint density at radius 1 is 1.10 bits per heavy atom. The number of alkyl halides is 3. The smallest absolute Gasteiger partial charge is 0.416 e. The molecule has 4 nitrogen and oxygen atoms in total. The quantitative estimate of drug-likeness (QED) is 0.608. The summed E-state index contributed by atoms with van der Waals surface area (Å²) in [6, 6.07) is 8.55. The van der Waals surface area contributed by atoms with Gasteiger partial charge in [-0.05, 0) is 67.8 Å². The molecule has 30 heavy (non-hydrogen) atoms. The molecule has 0 saturated carbocycles. The lowest BCUT2D eigenvalue weighted by Crippen LogP contribution is -2.35. The van der Waals surface area contributed by atoms with Crippen LogP contribution in [0.25, 0.3) is 17.2 Å². The topological polar surface area (TPSA) is 38.8 Å². The lowest BCUT2D eigenvalue weighted by Gasteiger charge is -2.23. The summed E-state index contributed by atoms with van der Waals surface area (Å²) in [4.78, 5) is 14.1. The fourth-order valence-electron chi connectivity index (χ4n) is 3.37. The highest BCUT2D eigenvalue weighted by Gasteiger charge is 2.31. The van der Waals surface area contributed by atoms with E-state index < -0.39 is 11.7 Å². The van der Waals surface area contributed by atoms with Crippen molar-refractivity contribution in [2.24, 2.45) is 0 Å². The Balaban J connectivity index is 2.03. The van der Waals surface area contributed by atoms with Gasteiger partial charge in [0.25, 0.3) is 0 Å². The van der Waals surface area contributed by atoms with Crippen molar-refractivity contribution in [1.29, 1.82) is 0 Å². The van der Waals surface area contributed by atoms with E-state index in [2.05, 4.69) is 0 Å². The van der Waals surface area contributed by atoms with Crippen LogP contribution in [0.3, 0.4) is 0 Å². The van der Waals surface area contributed by atoms with E-state index in [1.807, 2.05) is 20.8 Å². The first-order chi connectivity index (χ1) is 14.2. The molecule has 0 spiro atoms. The first-order valence-corrected chi connectivity index (χ1v) is 9.80. The first kappa shape index (κ1) is 21.7. The molecule has 0 unspecified atom stereocenters.